The molecule has 14 heavy (non-hydrogen) atoms. The van der Waals surface area contributed by atoms with Crippen LogP contribution < -0.4 is 11.5 Å². The van der Waals surface area contributed by atoms with Gasteiger partial charge in [0.05, 0.1) is 18.5 Å². The van der Waals surface area contributed by atoms with Gasteiger partial charge in [0.15, 0.2) is 0 Å². The first kappa shape index (κ1) is 13.4. The highest BCUT2D eigenvalue weighted by atomic mass is 16.3. The Labute approximate surface area is 84.8 Å². The molecule has 0 aromatic heterocycles. The van der Waals surface area contributed by atoms with Crippen LogP contribution in [0.5, 0.6) is 0 Å². The van der Waals surface area contributed by atoms with E-state index in [1.54, 1.807) is 6.92 Å². The van der Waals surface area contributed by atoms with E-state index >= 15 is 0 Å². The van der Waals surface area contributed by atoms with E-state index in [1.165, 1.54) is 0 Å². The van der Waals surface area contributed by atoms with Crippen molar-refractivity contribution in [2.24, 2.45) is 16.5 Å². The number of hydrogen-bond acceptors (Lipinski definition) is 4. The normalized spacial score (nSPS) is 16.7. The molecule has 0 bridgehead atoms. The van der Waals surface area contributed by atoms with Gasteiger partial charge in [0.25, 0.3) is 0 Å². The highest BCUT2D eigenvalue weighted by molar-refractivity contribution is 5.77. The van der Waals surface area contributed by atoms with Crippen LogP contribution in [0.1, 0.15) is 26.2 Å². The topological polar surface area (TPSA) is 105 Å². The van der Waals surface area contributed by atoms with E-state index < -0.39 is 6.10 Å². The maximum atomic E-state index is 9.15. The molecule has 0 aliphatic carbocycles. The van der Waals surface area contributed by atoms with Gasteiger partial charge in [-0.15, -0.1) is 0 Å². The number of rotatable bonds is 7. The van der Waals surface area contributed by atoms with Crippen molar-refractivity contribution in [2.45, 2.75) is 38.3 Å². The van der Waals surface area contributed by atoms with Crippen LogP contribution in [0.25, 0.3) is 0 Å². The fourth-order valence-corrected chi connectivity index (χ4v) is 1.08. The molecule has 0 heterocycles. The lowest BCUT2D eigenvalue weighted by molar-refractivity contribution is 0.0712. The van der Waals surface area contributed by atoms with Crippen LogP contribution in [-0.4, -0.2) is 41.3 Å². The minimum absolute atomic E-state index is 0.277. The zero-order valence-corrected chi connectivity index (χ0v) is 8.69. The summed E-state index contributed by atoms with van der Waals surface area (Å²) >= 11 is 0. The molecule has 2 atom stereocenters. The number of unbranched alkanes of at least 4 members (excludes halogenated alkanes) is 1. The molecule has 0 fully saturated rings. The molecule has 0 aliphatic rings. The van der Waals surface area contributed by atoms with Gasteiger partial charge in [-0.25, -0.2) is 0 Å². The van der Waals surface area contributed by atoms with Crippen molar-refractivity contribution in [3.8, 4) is 0 Å². The zero-order chi connectivity index (χ0) is 11.0. The molecule has 5 nitrogen and oxygen atoms in total. The molecule has 0 rings (SSSR count). The third kappa shape index (κ3) is 6.82. The highest BCUT2D eigenvalue weighted by Gasteiger charge is 2.12. The molecular weight excluding hydrogens is 182 g/mol. The number of aliphatic hydroxyl groups is 2. The summed E-state index contributed by atoms with van der Waals surface area (Å²) in [6.45, 7) is 2.17. The molecule has 0 amide bonds. The van der Waals surface area contributed by atoms with Crippen LogP contribution in [0.3, 0.4) is 0 Å². The average Bonchev–Trinajstić information content (AvgIpc) is 2.15. The second-order valence-corrected chi connectivity index (χ2v) is 3.43. The molecule has 0 aromatic carbocycles. The van der Waals surface area contributed by atoms with Crippen molar-refractivity contribution in [1.82, 2.24) is 0 Å². The fourth-order valence-electron chi connectivity index (χ4n) is 1.08. The molecule has 0 aliphatic heterocycles. The summed E-state index contributed by atoms with van der Waals surface area (Å²) in [4.78, 5) is 4.03. The van der Waals surface area contributed by atoms with Crippen LogP contribution in [0.4, 0.5) is 0 Å². The van der Waals surface area contributed by atoms with E-state index in [1.807, 2.05) is 0 Å². The fraction of sp³-hybridized carbons (Fsp3) is 0.889. The maximum absolute atomic E-state index is 9.15. The van der Waals surface area contributed by atoms with Gasteiger partial charge in [-0.3, -0.25) is 4.99 Å². The van der Waals surface area contributed by atoms with Crippen molar-refractivity contribution in [3.05, 3.63) is 0 Å². The number of amidine groups is 1. The predicted molar refractivity (Wildman–Crippen MR) is 57.1 cm³/mol. The van der Waals surface area contributed by atoms with Crippen LogP contribution >= 0.6 is 0 Å². The summed E-state index contributed by atoms with van der Waals surface area (Å²) in [6.07, 6.45) is 1.67. The Bertz CT molecular complexity index is 169. The van der Waals surface area contributed by atoms with Gasteiger partial charge < -0.3 is 21.7 Å². The lowest BCUT2D eigenvalue weighted by atomic mass is 10.1. The first-order valence-electron chi connectivity index (χ1n) is 4.89. The van der Waals surface area contributed by atoms with Crippen molar-refractivity contribution in [2.75, 3.05) is 13.2 Å². The number of hydrogen-bond donors (Lipinski definition) is 4. The SMILES string of the molecule is CC(N)=NCCCC[C@H](N)C(O)CO. The third-order valence-electron chi connectivity index (χ3n) is 1.99. The monoisotopic (exact) mass is 203 g/mol. The molecule has 6 N–H and O–H groups in total. The van der Waals surface area contributed by atoms with Gasteiger partial charge in [-0.2, -0.15) is 0 Å². The average molecular weight is 203 g/mol. The Morgan fingerprint density at radius 2 is 2.07 bits per heavy atom. The summed E-state index contributed by atoms with van der Waals surface area (Å²) in [6, 6.07) is -0.344. The van der Waals surface area contributed by atoms with E-state index in [2.05, 4.69) is 4.99 Å². The van der Waals surface area contributed by atoms with E-state index in [0.717, 1.165) is 12.8 Å². The Morgan fingerprint density at radius 3 is 2.57 bits per heavy atom. The molecule has 84 valence electrons. The van der Waals surface area contributed by atoms with Crippen LogP contribution in [0.15, 0.2) is 4.99 Å². The van der Waals surface area contributed by atoms with Crippen molar-refractivity contribution >= 4 is 5.84 Å². The van der Waals surface area contributed by atoms with Crippen molar-refractivity contribution in [3.63, 3.8) is 0 Å². The van der Waals surface area contributed by atoms with E-state index in [-0.39, 0.29) is 12.6 Å². The minimum Gasteiger partial charge on any atom is -0.394 e. The van der Waals surface area contributed by atoms with E-state index in [9.17, 15) is 0 Å². The first-order valence-corrected chi connectivity index (χ1v) is 4.89. The maximum Gasteiger partial charge on any atom is 0.0921 e. The second kappa shape index (κ2) is 7.73. The van der Waals surface area contributed by atoms with Gasteiger partial charge in [0.1, 0.15) is 0 Å². The van der Waals surface area contributed by atoms with Crippen LogP contribution in [-0.2, 0) is 0 Å². The van der Waals surface area contributed by atoms with Crippen molar-refractivity contribution in [1.29, 1.82) is 0 Å². The lowest BCUT2D eigenvalue weighted by Crippen LogP contribution is -2.37. The van der Waals surface area contributed by atoms with Gasteiger partial charge in [0, 0.05) is 12.6 Å². The largest absolute Gasteiger partial charge is 0.394 e. The smallest absolute Gasteiger partial charge is 0.0921 e. The third-order valence-corrected chi connectivity index (χ3v) is 1.99. The summed E-state index contributed by atoms with van der Waals surface area (Å²) in [5.41, 5.74) is 11.0. The zero-order valence-electron chi connectivity index (χ0n) is 8.69. The van der Waals surface area contributed by atoms with Gasteiger partial charge >= 0.3 is 0 Å². The lowest BCUT2D eigenvalue weighted by Gasteiger charge is -2.15. The van der Waals surface area contributed by atoms with Gasteiger partial charge in [-0.1, -0.05) is 0 Å². The minimum atomic E-state index is -0.810. The number of nitrogens with two attached hydrogens (primary N) is 2. The van der Waals surface area contributed by atoms with Gasteiger partial charge in [0.2, 0.25) is 0 Å². The molecule has 0 aromatic rings. The first-order chi connectivity index (χ1) is 6.57. The molecule has 5 heteroatoms. The van der Waals surface area contributed by atoms with E-state index in [4.69, 9.17) is 21.7 Å². The molecule has 0 saturated carbocycles. The molecule has 0 spiro atoms. The van der Waals surface area contributed by atoms with Crippen LogP contribution in [0.2, 0.25) is 0 Å². The number of nitrogens with zero attached hydrogens (tertiary/aromatic N) is 1. The second-order valence-electron chi connectivity index (χ2n) is 3.43. The predicted octanol–water partition coefficient (Wildman–Crippen LogP) is -0.786. The molecular formula is C9H21N3O2. The van der Waals surface area contributed by atoms with E-state index in [0.29, 0.717) is 18.8 Å². The molecule has 1 unspecified atom stereocenters. The Balaban J connectivity index is 3.40. The summed E-state index contributed by atoms with van der Waals surface area (Å²) in [5, 5.41) is 17.8. The Morgan fingerprint density at radius 1 is 1.43 bits per heavy atom. The number of aliphatic hydroxyl groups excluding tert-OH is 2. The Hall–Kier alpha value is -0.650. The van der Waals surface area contributed by atoms with Crippen molar-refractivity contribution < 1.29 is 10.2 Å². The quantitative estimate of drug-likeness (QED) is 0.247. The standard InChI is InChI=1S/C9H21N3O2/c1-7(10)12-5-3-2-4-8(11)9(14)6-13/h8-9,13-14H,2-6,11H2,1H3,(H2,10,12)/t8-,9?/m0/s1. The Kier molecular flexibility index (Phi) is 7.37. The number of aliphatic imine (C=N–C) groups is 1. The van der Waals surface area contributed by atoms with Gasteiger partial charge in [-0.05, 0) is 26.2 Å². The summed E-state index contributed by atoms with van der Waals surface area (Å²) in [5.74, 6) is 0.588. The highest BCUT2D eigenvalue weighted by Crippen LogP contribution is 2.02. The molecule has 0 radical (unpaired) electrons. The molecule has 0 saturated heterocycles. The van der Waals surface area contributed by atoms with Crippen LogP contribution in [0, 0.1) is 0 Å². The summed E-state index contributed by atoms with van der Waals surface area (Å²) < 4.78 is 0. The summed E-state index contributed by atoms with van der Waals surface area (Å²) in [7, 11) is 0.